The first kappa shape index (κ1) is 12.1. The Morgan fingerprint density at radius 1 is 1.62 bits per heavy atom. The van der Waals surface area contributed by atoms with Crippen molar-refractivity contribution >= 4 is 5.69 Å². The molecule has 1 aromatic rings. The largest absolute Gasteiger partial charge is 0.475 e. The van der Waals surface area contributed by atoms with E-state index >= 15 is 0 Å². The van der Waals surface area contributed by atoms with Gasteiger partial charge in [0.15, 0.2) is 6.10 Å². The lowest BCUT2D eigenvalue weighted by Crippen LogP contribution is -2.13. The van der Waals surface area contributed by atoms with Crippen LogP contribution >= 0.6 is 0 Å². The van der Waals surface area contributed by atoms with Crippen LogP contribution in [-0.2, 0) is 6.42 Å². The van der Waals surface area contributed by atoms with Gasteiger partial charge in [0.2, 0.25) is 0 Å². The maximum atomic E-state index is 8.84. The number of nitrogens with zero attached hydrogens (tertiary/aromatic N) is 1. The third-order valence-corrected chi connectivity index (χ3v) is 2.23. The Morgan fingerprint density at radius 3 is 2.94 bits per heavy atom. The Kier molecular flexibility index (Phi) is 4.41. The molecule has 0 spiro atoms. The van der Waals surface area contributed by atoms with Gasteiger partial charge in [-0.3, -0.25) is 0 Å². The van der Waals surface area contributed by atoms with Crippen molar-refractivity contribution in [3.05, 3.63) is 36.4 Å². The first-order valence-electron chi connectivity index (χ1n) is 5.26. The maximum Gasteiger partial charge on any atom is 0.184 e. The lowest BCUT2D eigenvalue weighted by Gasteiger charge is -2.14. The number of anilines is 1. The van der Waals surface area contributed by atoms with Crippen LogP contribution in [0.4, 0.5) is 5.69 Å². The van der Waals surface area contributed by atoms with E-state index in [-0.39, 0.29) is 0 Å². The average molecular weight is 216 g/mol. The number of nitrogens with two attached hydrogens (primary N) is 1. The Morgan fingerprint density at radius 2 is 2.38 bits per heavy atom. The van der Waals surface area contributed by atoms with E-state index in [0.717, 1.165) is 5.56 Å². The lowest BCUT2D eigenvalue weighted by atomic mass is 10.1. The number of nitrogen functional groups attached to an aromatic ring is 1. The van der Waals surface area contributed by atoms with Crippen LogP contribution < -0.4 is 10.5 Å². The Bertz CT molecular complexity index is 407. The molecule has 1 atom stereocenters. The first-order chi connectivity index (χ1) is 7.71. The van der Waals surface area contributed by atoms with Crippen molar-refractivity contribution in [3.63, 3.8) is 0 Å². The fraction of sp³-hybridized carbons (Fsp3) is 0.308. The fourth-order valence-electron chi connectivity index (χ4n) is 1.38. The SMILES string of the molecule is C=CCc1cc(N)ccc1OC(C#N)CC. The predicted molar refractivity (Wildman–Crippen MR) is 65.1 cm³/mol. The molecule has 16 heavy (non-hydrogen) atoms. The second-order valence-corrected chi connectivity index (χ2v) is 3.50. The zero-order valence-electron chi connectivity index (χ0n) is 9.44. The summed E-state index contributed by atoms with van der Waals surface area (Å²) in [5.41, 5.74) is 7.35. The van der Waals surface area contributed by atoms with Crippen LogP contribution in [0.15, 0.2) is 30.9 Å². The Labute approximate surface area is 96.1 Å². The smallest absolute Gasteiger partial charge is 0.184 e. The summed E-state index contributed by atoms with van der Waals surface area (Å²) in [5.74, 6) is 0.711. The number of hydrogen-bond donors (Lipinski definition) is 1. The summed E-state index contributed by atoms with van der Waals surface area (Å²) in [7, 11) is 0. The van der Waals surface area contributed by atoms with Crippen molar-refractivity contribution in [2.45, 2.75) is 25.9 Å². The van der Waals surface area contributed by atoms with Crippen molar-refractivity contribution < 1.29 is 4.74 Å². The van der Waals surface area contributed by atoms with Gasteiger partial charge in [-0.15, -0.1) is 6.58 Å². The van der Waals surface area contributed by atoms with Crippen LogP contribution in [0.1, 0.15) is 18.9 Å². The molecule has 84 valence electrons. The second-order valence-electron chi connectivity index (χ2n) is 3.50. The number of ether oxygens (including phenoxy) is 1. The number of benzene rings is 1. The van der Waals surface area contributed by atoms with Crippen LogP contribution in [0, 0.1) is 11.3 Å². The van der Waals surface area contributed by atoms with E-state index in [1.165, 1.54) is 0 Å². The van der Waals surface area contributed by atoms with Gasteiger partial charge < -0.3 is 10.5 Å². The van der Waals surface area contributed by atoms with E-state index in [2.05, 4.69) is 12.6 Å². The minimum Gasteiger partial charge on any atom is -0.475 e. The molecule has 0 aliphatic rings. The average Bonchev–Trinajstić information content (AvgIpc) is 2.29. The molecule has 0 fully saturated rings. The van der Waals surface area contributed by atoms with Crippen LogP contribution in [0.2, 0.25) is 0 Å². The molecule has 0 saturated heterocycles. The summed E-state index contributed by atoms with van der Waals surface area (Å²) in [4.78, 5) is 0. The quantitative estimate of drug-likeness (QED) is 0.608. The second kappa shape index (κ2) is 5.82. The van der Waals surface area contributed by atoms with E-state index in [1.807, 2.05) is 13.0 Å². The molecule has 0 amide bonds. The van der Waals surface area contributed by atoms with E-state index in [4.69, 9.17) is 15.7 Å². The molecule has 0 aliphatic carbocycles. The van der Waals surface area contributed by atoms with Crippen LogP contribution in [0.5, 0.6) is 5.75 Å². The molecular weight excluding hydrogens is 200 g/mol. The lowest BCUT2D eigenvalue weighted by molar-refractivity contribution is 0.250. The van der Waals surface area contributed by atoms with Gasteiger partial charge in [0.25, 0.3) is 0 Å². The number of hydrogen-bond acceptors (Lipinski definition) is 3. The third-order valence-electron chi connectivity index (χ3n) is 2.23. The highest BCUT2D eigenvalue weighted by Crippen LogP contribution is 2.23. The first-order valence-corrected chi connectivity index (χ1v) is 5.26. The molecule has 3 nitrogen and oxygen atoms in total. The van der Waals surface area contributed by atoms with Gasteiger partial charge in [0.1, 0.15) is 11.8 Å². The highest BCUT2D eigenvalue weighted by atomic mass is 16.5. The summed E-state index contributed by atoms with van der Waals surface area (Å²) >= 11 is 0. The van der Waals surface area contributed by atoms with Crippen LogP contribution in [-0.4, -0.2) is 6.10 Å². The summed E-state index contributed by atoms with van der Waals surface area (Å²) < 4.78 is 5.59. The molecule has 0 saturated carbocycles. The fourth-order valence-corrected chi connectivity index (χ4v) is 1.38. The summed E-state index contributed by atoms with van der Waals surface area (Å²) in [6.45, 7) is 5.60. The van der Waals surface area contributed by atoms with Gasteiger partial charge in [0, 0.05) is 5.69 Å². The molecule has 0 bridgehead atoms. The van der Waals surface area contributed by atoms with Crippen molar-refractivity contribution in [1.82, 2.24) is 0 Å². The number of allylic oxidation sites excluding steroid dienone is 1. The molecule has 0 heterocycles. The topological polar surface area (TPSA) is 59.0 Å². The van der Waals surface area contributed by atoms with E-state index < -0.39 is 6.10 Å². The highest BCUT2D eigenvalue weighted by Gasteiger charge is 2.09. The molecular formula is C13H16N2O. The zero-order chi connectivity index (χ0) is 12.0. The van der Waals surface area contributed by atoms with E-state index in [9.17, 15) is 0 Å². The minimum atomic E-state index is -0.410. The summed E-state index contributed by atoms with van der Waals surface area (Å²) in [6, 6.07) is 7.52. The van der Waals surface area contributed by atoms with Crippen LogP contribution in [0.25, 0.3) is 0 Å². The van der Waals surface area contributed by atoms with Gasteiger partial charge in [-0.2, -0.15) is 5.26 Å². The van der Waals surface area contributed by atoms with Gasteiger partial charge in [-0.05, 0) is 36.6 Å². The molecule has 0 radical (unpaired) electrons. The van der Waals surface area contributed by atoms with Crippen LogP contribution in [0.3, 0.4) is 0 Å². The van der Waals surface area contributed by atoms with Crippen molar-refractivity contribution in [2.24, 2.45) is 0 Å². The maximum absolute atomic E-state index is 8.84. The van der Waals surface area contributed by atoms with Gasteiger partial charge >= 0.3 is 0 Å². The summed E-state index contributed by atoms with van der Waals surface area (Å²) in [5, 5.41) is 8.84. The van der Waals surface area contributed by atoms with Gasteiger partial charge in [0.05, 0.1) is 0 Å². The Balaban J connectivity index is 2.94. The minimum absolute atomic E-state index is 0.410. The Hall–Kier alpha value is -1.95. The van der Waals surface area contributed by atoms with Crippen molar-refractivity contribution in [3.8, 4) is 11.8 Å². The molecule has 1 rings (SSSR count). The van der Waals surface area contributed by atoms with E-state index in [1.54, 1.807) is 18.2 Å². The normalized spacial score (nSPS) is 11.5. The van der Waals surface area contributed by atoms with E-state index in [0.29, 0.717) is 24.3 Å². The predicted octanol–water partition coefficient (Wildman–Crippen LogP) is 2.68. The van der Waals surface area contributed by atoms with Gasteiger partial charge in [-0.25, -0.2) is 0 Å². The molecule has 1 aromatic carbocycles. The summed E-state index contributed by atoms with van der Waals surface area (Å²) in [6.07, 6.45) is 2.72. The molecule has 2 N–H and O–H groups in total. The molecule has 0 aromatic heterocycles. The van der Waals surface area contributed by atoms with Crippen molar-refractivity contribution in [1.29, 1.82) is 5.26 Å². The molecule has 1 unspecified atom stereocenters. The third kappa shape index (κ3) is 3.03. The monoisotopic (exact) mass is 216 g/mol. The molecule has 3 heteroatoms. The number of rotatable bonds is 5. The molecule has 0 aliphatic heterocycles. The zero-order valence-corrected chi connectivity index (χ0v) is 9.44. The highest BCUT2D eigenvalue weighted by molar-refractivity contribution is 5.48. The van der Waals surface area contributed by atoms with Crippen molar-refractivity contribution in [2.75, 3.05) is 5.73 Å². The number of nitriles is 1. The standard InChI is InChI=1S/C13H16N2O/c1-3-5-10-8-11(15)6-7-13(10)16-12(4-2)9-14/h3,6-8,12H,1,4-5,15H2,2H3. The van der Waals surface area contributed by atoms with Gasteiger partial charge in [-0.1, -0.05) is 13.0 Å².